The first-order chi connectivity index (χ1) is 6.97. The molecule has 0 amide bonds. The summed E-state index contributed by atoms with van der Waals surface area (Å²) < 4.78 is 5.01. The van der Waals surface area contributed by atoms with Crippen molar-refractivity contribution in [3.05, 3.63) is 22.8 Å². The SMILES string of the molecule is COc1c(C)cc(C)c(CC(=O)O)c1O. The van der Waals surface area contributed by atoms with Crippen LogP contribution in [0.4, 0.5) is 0 Å². The van der Waals surface area contributed by atoms with E-state index in [1.165, 1.54) is 7.11 Å². The topological polar surface area (TPSA) is 66.8 Å². The van der Waals surface area contributed by atoms with Gasteiger partial charge < -0.3 is 14.9 Å². The van der Waals surface area contributed by atoms with Gasteiger partial charge in [-0.2, -0.15) is 0 Å². The van der Waals surface area contributed by atoms with Crippen LogP contribution in [0.3, 0.4) is 0 Å². The van der Waals surface area contributed by atoms with Crippen molar-refractivity contribution < 1.29 is 19.7 Å². The van der Waals surface area contributed by atoms with Gasteiger partial charge in [0.25, 0.3) is 0 Å². The van der Waals surface area contributed by atoms with Crippen LogP contribution in [0.25, 0.3) is 0 Å². The van der Waals surface area contributed by atoms with Crippen LogP contribution in [-0.4, -0.2) is 23.3 Å². The average Bonchev–Trinajstić information content (AvgIpc) is 2.12. The van der Waals surface area contributed by atoms with Gasteiger partial charge in [-0.1, -0.05) is 6.07 Å². The van der Waals surface area contributed by atoms with Crippen molar-refractivity contribution in [1.29, 1.82) is 0 Å². The highest BCUT2D eigenvalue weighted by atomic mass is 16.5. The fraction of sp³-hybridized carbons (Fsp3) is 0.364. The van der Waals surface area contributed by atoms with Gasteiger partial charge >= 0.3 is 5.97 Å². The summed E-state index contributed by atoms with van der Waals surface area (Å²) in [6.07, 6.45) is -0.200. The smallest absolute Gasteiger partial charge is 0.307 e. The maximum absolute atomic E-state index is 10.6. The molecule has 1 aromatic carbocycles. The molecule has 15 heavy (non-hydrogen) atoms. The number of rotatable bonds is 3. The van der Waals surface area contributed by atoms with Crippen LogP contribution in [0.2, 0.25) is 0 Å². The summed E-state index contributed by atoms with van der Waals surface area (Å²) in [7, 11) is 1.45. The predicted octanol–water partition coefficient (Wildman–Crippen LogP) is 1.64. The number of aliphatic carboxylic acids is 1. The summed E-state index contributed by atoms with van der Waals surface area (Å²) in [6, 6.07) is 1.80. The summed E-state index contributed by atoms with van der Waals surface area (Å²) in [6.45, 7) is 3.57. The minimum Gasteiger partial charge on any atom is -0.504 e. The molecule has 0 saturated heterocycles. The number of carboxylic acid groups (broad SMARTS) is 1. The van der Waals surface area contributed by atoms with E-state index >= 15 is 0 Å². The van der Waals surface area contributed by atoms with E-state index < -0.39 is 5.97 Å². The number of benzene rings is 1. The van der Waals surface area contributed by atoms with Gasteiger partial charge in [0.2, 0.25) is 0 Å². The van der Waals surface area contributed by atoms with Crippen molar-refractivity contribution in [2.75, 3.05) is 7.11 Å². The van der Waals surface area contributed by atoms with Crippen LogP contribution < -0.4 is 4.74 Å². The Kier molecular flexibility index (Phi) is 3.19. The molecule has 0 radical (unpaired) electrons. The largest absolute Gasteiger partial charge is 0.504 e. The number of aromatic hydroxyl groups is 1. The zero-order valence-corrected chi connectivity index (χ0v) is 9.00. The molecule has 4 heteroatoms. The standard InChI is InChI=1S/C11H14O4/c1-6-4-7(2)11(15-3)10(14)8(6)5-9(12)13/h4,14H,5H2,1-3H3,(H,12,13). The summed E-state index contributed by atoms with van der Waals surface area (Å²) in [5.74, 6) is -0.700. The van der Waals surface area contributed by atoms with Gasteiger partial charge in [-0.3, -0.25) is 4.79 Å². The highest BCUT2D eigenvalue weighted by Crippen LogP contribution is 2.35. The minimum absolute atomic E-state index is 0.0719. The van der Waals surface area contributed by atoms with E-state index in [0.29, 0.717) is 11.3 Å². The Morgan fingerprint density at radius 3 is 2.47 bits per heavy atom. The van der Waals surface area contributed by atoms with E-state index in [0.717, 1.165) is 11.1 Å². The van der Waals surface area contributed by atoms with Crippen LogP contribution in [0.1, 0.15) is 16.7 Å². The molecule has 0 saturated carbocycles. The number of hydrogen-bond donors (Lipinski definition) is 2. The lowest BCUT2D eigenvalue weighted by molar-refractivity contribution is -0.136. The lowest BCUT2D eigenvalue weighted by Gasteiger charge is -2.13. The molecule has 0 fully saturated rings. The van der Waals surface area contributed by atoms with E-state index in [2.05, 4.69) is 0 Å². The molecule has 0 unspecified atom stereocenters. The van der Waals surface area contributed by atoms with Crippen LogP contribution in [0.5, 0.6) is 11.5 Å². The predicted molar refractivity (Wildman–Crippen MR) is 55.5 cm³/mol. The van der Waals surface area contributed by atoms with Crippen molar-refractivity contribution >= 4 is 5.97 Å². The molecule has 1 aromatic rings. The number of ether oxygens (including phenoxy) is 1. The quantitative estimate of drug-likeness (QED) is 0.796. The van der Waals surface area contributed by atoms with Crippen molar-refractivity contribution in [2.45, 2.75) is 20.3 Å². The molecule has 0 spiro atoms. The number of phenols is 1. The summed E-state index contributed by atoms with van der Waals surface area (Å²) in [5.41, 5.74) is 1.96. The van der Waals surface area contributed by atoms with Gasteiger partial charge in [0.05, 0.1) is 13.5 Å². The molecule has 1 rings (SSSR count). The number of hydrogen-bond acceptors (Lipinski definition) is 3. The minimum atomic E-state index is -0.973. The Morgan fingerprint density at radius 2 is 2.00 bits per heavy atom. The maximum Gasteiger partial charge on any atom is 0.307 e. The number of methoxy groups -OCH3 is 1. The fourth-order valence-electron chi connectivity index (χ4n) is 1.62. The Balaban J connectivity index is 3.32. The van der Waals surface area contributed by atoms with Gasteiger partial charge in [0.15, 0.2) is 11.5 Å². The van der Waals surface area contributed by atoms with Crippen molar-refractivity contribution in [1.82, 2.24) is 0 Å². The number of phenolic OH excluding ortho intramolecular Hbond substituents is 1. The van der Waals surface area contributed by atoms with Gasteiger partial charge in [0, 0.05) is 5.56 Å². The molecule has 0 aliphatic heterocycles. The Morgan fingerprint density at radius 1 is 1.40 bits per heavy atom. The Bertz CT molecular complexity index is 396. The van der Waals surface area contributed by atoms with Crippen LogP contribution in [-0.2, 0) is 11.2 Å². The first-order valence-corrected chi connectivity index (χ1v) is 4.55. The van der Waals surface area contributed by atoms with Gasteiger partial charge in [-0.15, -0.1) is 0 Å². The number of carbonyl (C=O) groups is 1. The molecule has 82 valence electrons. The van der Waals surface area contributed by atoms with Crippen molar-refractivity contribution in [2.24, 2.45) is 0 Å². The molecule has 0 heterocycles. The second-order valence-corrected chi connectivity index (χ2v) is 3.44. The van der Waals surface area contributed by atoms with Crippen molar-refractivity contribution in [3.63, 3.8) is 0 Å². The first kappa shape index (κ1) is 11.4. The average molecular weight is 210 g/mol. The summed E-state index contributed by atoms with van der Waals surface area (Å²) in [5, 5.41) is 18.5. The molecular formula is C11H14O4. The first-order valence-electron chi connectivity index (χ1n) is 4.55. The van der Waals surface area contributed by atoms with E-state index in [-0.39, 0.29) is 12.2 Å². The number of carboxylic acids is 1. The van der Waals surface area contributed by atoms with Crippen LogP contribution in [0, 0.1) is 13.8 Å². The summed E-state index contributed by atoms with van der Waals surface area (Å²) >= 11 is 0. The Hall–Kier alpha value is -1.71. The molecule has 0 aliphatic rings. The second kappa shape index (κ2) is 4.21. The van der Waals surface area contributed by atoms with Crippen LogP contribution >= 0.6 is 0 Å². The summed E-state index contributed by atoms with van der Waals surface area (Å²) in [4.78, 5) is 10.6. The third kappa shape index (κ3) is 2.21. The third-order valence-electron chi connectivity index (χ3n) is 2.30. The van der Waals surface area contributed by atoms with Gasteiger partial charge in [-0.25, -0.2) is 0 Å². The van der Waals surface area contributed by atoms with E-state index in [1.54, 1.807) is 19.9 Å². The monoisotopic (exact) mass is 210 g/mol. The van der Waals surface area contributed by atoms with E-state index in [1.807, 2.05) is 0 Å². The molecular weight excluding hydrogens is 196 g/mol. The fourth-order valence-corrected chi connectivity index (χ4v) is 1.62. The third-order valence-corrected chi connectivity index (χ3v) is 2.30. The lowest BCUT2D eigenvalue weighted by atomic mass is 10.0. The molecule has 0 aromatic heterocycles. The van der Waals surface area contributed by atoms with Crippen LogP contribution in [0.15, 0.2) is 6.07 Å². The zero-order valence-electron chi connectivity index (χ0n) is 9.00. The molecule has 2 N–H and O–H groups in total. The molecule has 0 aliphatic carbocycles. The zero-order chi connectivity index (χ0) is 11.6. The normalized spacial score (nSPS) is 10.1. The van der Waals surface area contributed by atoms with Gasteiger partial charge in [-0.05, 0) is 25.0 Å². The highest BCUT2D eigenvalue weighted by Gasteiger charge is 2.16. The van der Waals surface area contributed by atoms with E-state index in [9.17, 15) is 9.90 Å². The number of aryl methyl sites for hydroxylation is 2. The van der Waals surface area contributed by atoms with E-state index in [4.69, 9.17) is 9.84 Å². The second-order valence-electron chi connectivity index (χ2n) is 3.44. The molecule has 4 nitrogen and oxygen atoms in total. The molecule has 0 atom stereocenters. The van der Waals surface area contributed by atoms with Gasteiger partial charge in [0.1, 0.15) is 0 Å². The molecule has 0 bridgehead atoms. The van der Waals surface area contributed by atoms with Crippen molar-refractivity contribution in [3.8, 4) is 11.5 Å². The Labute approximate surface area is 88.1 Å². The maximum atomic E-state index is 10.6. The highest BCUT2D eigenvalue weighted by molar-refractivity contribution is 5.73. The lowest BCUT2D eigenvalue weighted by Crippen LogP contribution is -2.04.